The van der Waals surface area contributed by atoms with E-state index in [9.17, 15) is 18.8 Å². The lowest BCUT2D eigenvalue weighted by Gasteiger charge is -2.11. The van der Waals surface area contributed by atoms with Gasteiger partial charge in [0.1, 0.15) is 5.82 Å². The molecule has 0 aliphatic heterocycles. The van der Waals surface area contributed by atoms with Crippen LogP contribution in [0.1, 0.15) is 5.56 Å². The maximum absolute atomic E-state index is 13.2. The minimum atomic E-state index is -1.03. The number of carbonyl (C=O) groups is 3. The molecule has 0 aromatic heterocycles. The highest BCUT2D eigenvalue weighted by atomic mass is 35.5. The Hall–Kier alpha value is -3.86. The van der Waals surface area contributed by atoms with Crippen LogP contribution in [0, 0.1) is 5.82 Å². The van der Waals surface area contributed by atoms with E-state index in [0.717, 1.165) is 6.07 Å². The average Bonchev–Trinajstić information content (AvgIpc) is 2.87. The zero-order chi connectivity index (χ0) is 26.9. The smallest absolute Gasteiger partial charge is 0.329 e. The molecule has 0 aliphatic rings. The van der Waals surface area contributed by atoms with Crippen molar-refractivity contribution < 1.29 is 28.2 Å². The highest BCUT2D eigenvalue weighted by molar-refractivity contribution is 6.45. The number of nitrogens with zero attached hydrogens (tertiary/aromatic N) is 1. The molecule has 3 amide bonds. The fourth-order valence-corrected chi connectivity index (χ4v) is 3.32. The molecule has 0 radical (unpaired) electrons. The first-order chi connectivity index (χ1) is 17.7. The van der Waals surface area contributed by atoms with Crippen molar-refractivity contribution in [2.24, 2.45) is 5.10 Å². The van der Waals surface area contributed by atoms with Crippen molar-refractivity contribution in [1.29, 1.82) is 0 Å². The van der Waals surface area contributed by atoms with Crippen LogP contribution in [-0.2, 0) is 14.4 Å². The number of anilines is 2. The molecule has 37 heavy (non-hydrogen) atoms. The lowest BCUT2D eigenvalue weighted by molar-refractivity contribution is -0.136. The van der Waals surface area contributed by atoms with Crippen LogP contribution in [-0.4, -0.2) is 37.7 Å². The number of hydrogen-bond acceptors (Lipinski definition) is 6. The van der Waals surface area contributed by atoms with Crippen molar-refractivity contribution >= 4 is 70.1 Å². The number of benzene rings is 3. The number of hydrazone groups is 1. The molecule has 3 aromatic carbocycles. The van der Waals surface area contributed by atoms with Gasteiger partial charge in [0.15, 0.2) is 18.1 Å². The van der Waals surface area contributed by atoms with Crippen molar-refractivity contribution in [2.75, 3.05) is 24.4 Å². The van der Waals surface area contributed by atoms with E-state index in [1.54, 1.807) is 12.1 Å². The molecule has 3 aromatic rings. The van der Waals surface area contributed by atoms with Gasteiger partial charge in [0.25, 0.3) is 5.91 Å². The first-order valence-electron chi connectivity index (χ1n) is 10.3. The fourth-order valence-electron chi connectivity index (χ4n) is 2.79. The third-order valence-electron chi connectivity index (χ3n) is 4.54. The molecule has 0 heterocycles. The largest absolute Gasteiger partial charge is 0.493 e. The maximum atomic E-state index is 13.2. The van der Waals surface area contributed by atoms with Gasteiger partial charge in [-0.2, -0.15) is 5.10 Å². The second-order valence-corrected chi connectivity index (χ2v) is 8.32. The summed E-state index contributed by atoms with van der Waals surface area (Å²) in [5, 5.41) is 8.80. The van der Waals surface area contributed by atoms with Gasteiger partial charge in [0, 0.05) is 5.69 Å². The van der Waals surface area contributed by atoms with Crippen LogP contribution in [0.3, 0.4) is 0 Å². The summed E-state index contributed by atoms with van der Waals surface area (Å²) in [5.74, 6) is -2.60. The number of amides is 3. The van der Waals surface area contributed by atoms with E-state index in [2.05, 4.69) is 21.2 Å². The number of ether oxygens (including phenoxy) is 2. The molecule has 0 saturated carbocycles. The Bertz CT molecular complexity index is 1370. The Morgan fingerprint density at radius 3 is 2.46 bits per heavy atom. The van der Waals surface area contributed by atoms with E-state index >= 15 is 0 Å². The van der Waals surface area contributed by atoms with Crippen molar-refractivity contribution in [3.8, 4) is 11.5 Å². The molecule has 0 bridgehead atoms. The second kappa shape index (κ2) is 12.9. The lowest BCUT2D eigenvalue weighted by atomic mass is 10.2. The summed E-state index contributed by atoms with van der Waals surface area (Å²) in [4.78, 5) is 36.2. The number of carbonyl (C=O) groups excluding carboxylic acids is 3. The van der Waals surface area contributed by atoms with E-state index < -0.39 is 23.5 Å². The number of rotatable bonds is 8. The molecule has 0 unspecified atom stereocenters. The zero-order valence-electron chi connectivity index (χ0n) is 19.0. The van der Waals surface area contributed by atoms with Gasteiger partial charge in [-0.3, -0.25) is 14.4 Å². The predicted molar refractivity (Wildman–Crippen MR) is 139 cm³/mol. The summed E-state index contributed by atoms with van der Waals surface area (Å²) in [5.41, 5.74) is 3.07. The monoisotopic (exact) mass is 566 g/mol. The van der Waals surface area contributed by atoms with E-state index in [4.69, 9.17) is 44.3 Å². The van der Waals surface area contributed by atoms with Crippen LogP contribution in [0.25, 0.3) is 0 Å². The molecular formula is C24H18Cl3FN4O5. The molecule has 0 fully saturated rings. The van der Waals surface area contributed by atoms with Crippen LogP contribution in [0.5, 0.6) is 11.5 Å². The van der Waals surface area contributed by atoms with Gasteiger partial charge >= 0.3 is 11.8 Å². The predicted octanol–water partition coefficient (Wildman–Crippen LogP) is 4.90. The van der Waals surface area contributed by atoms with E-state index in [1.165, 1.54) is 49.7 Å². The first kappa shape index (κ1) is 27.7. The third-order valence-corrected chi connectivity index (χ3v) is 5.64. The molecule has 3 N–H and O–H groups in total. The molecule has 0 atom stereocenters. The first-order valence-corrected chi connectivity index (χ1v) is 11.5. The number of hydrogen-bond donors (Lipinski definition) is 3. The van der Waals surface area contributed by atoms with Gasteiger partial charge in [0.05, 0.1) is 34.1 Å². The van der Waals surface area contributed by atoms with E-state index in [1.807, 2.05) is 0 Å². The standard InChI is InChI=1S/C24H18Cl3FN4O5/c1-36-20-9-13(11-29-32-24(35)23(34)31-18-4-2-3-15(25)22(18)27)5-8-19(20)37-12-21(33)30-14-6-7-17(28)16(26)10-14/h2-11H,12H2,1H3,(H,30,33)(H,31,34)(H,32,35)/b29-11-. The van der Waals surface area contributed by atoms with Crippen molar-refractivity contribution in [1.82, 2.24) is 5.43 Å². The summed E-state index contributed by atoms with van der Waals surface area (Å²) in [6.07, 6.45) is 1.27. The quantitative estimate of drug-likeness (QED) is 0.203. The number of halogens is 4. The molecule has 192 valence electrons. The van der Waals surface area contributed by atoms with Gasteiger partial charge in [-0.1, -0.05) is 40.9 Å². The minimum absolute atomic E-state index is 0.0977. The van der Waals surface area contributed by atoms with E-state index in [0.29, 0.717) is 11.3 Å². The Kier molecular flexibility index (Phi) is 9.67. The van der Waals surface area contributed by atoms with Crippen LogP contribution in [0.15, 0.2) is 59.7 Å². The molecule has 3 rings (SSSR count). The molecule has 0 spiro atoms. The summed E-state index contributed by atoms with van der Waals surface area (Å²) >= 11 is 17.6. The van der Waals surface area contributed by atoms with Crippen LogP contribution in [0.4, 0.5) is 15.8 Å². The normalized spacial score (nSPS) is 10.6. The molecule has 0 aliphatic carbocycles. The number of nitrogens with one attached hydrogen (secondary N) is 3. The van der Waals surface area contributed by atoms with Gasteiger partial charge in [0.2, 0.25) is 0 Å². The highest BCUT2D eigenvalue weighted by Gasteiger charge is 2.15. The molecular weight excluding hydrogens is 550 g/mol. The minimum Gasteiger partial charge on any atom is -0.493 e. The van der Waals surface area contributed by atoms with Gasteiger partial charge in [-0.15, -0.1) is 0 Å². The zero-order valence-corrected chi connectivity index (χ0v) is 21.2. The summed E-state index contributed by atoms with van der Waals surface area (Å²) in [6, 6.07) is 13.0. The molecule has 0 saturated heterocycles. The van der Waals surface area contributed by atoms with Crippen LogP contribution >= 0.6 is 34.8 Å². The van der Waals surface area contributed by atoms with Crippen LogP contribution in [0.2, 0.25) is 15.1 Å². The third kappa shape index (κ3) is 7.81. The fraction of sp³-hybridized carbons (Fsp3) is 0.0833. The average molecular weight is 568 g/mol. The van der Waals surface area contributed by atoms with Gasteiger partial charge in [-0.05, 0) is 54.1 Å². The summed E-state index contributed by atoms with van der Waals surface area (Å²) in [7, 11) is 1.40. The Balaban J connectivity index is 1.54. The van der Waals surface area contributed by atoms with E-state index in [-0.39, 0.29) is 38.9 Å². The van der Waals surface area contributed by atoms with Crippen molar-refractivity contribution in [2.45, 2.75) is 0 Å². The Morgan fingerprint density at radius 2 is 1.73 bits per heavy atom. The summed E-state index contributed by atoms with van der Waals surface area (Å²) < 4.78 is 24.0. The second-order valence-electron chi connectivity index (χ2n) is 7.13. The lowest BCUT2D eigenvalue weighted by Crippen LogP contribution is -2.32. The topological polar surface area (TPSA) is 118 Å². The molecule has 13 heteroatoms. The molecule has 9 nitrogen and oxygen atoms in total. The Labute approximate surface area is 225 Å². The SMILES string of the molecule is COc1cc(/C=N\NC(=O)C(=O)Nc2cccc(Cl)c2Cl)ccc1OCC(=O)Nc1ccc(F)c(Cl)c1. The van der Waals surface area contributed by atoms with Crippen LogP contribution < -0.4 is 25.5 Å². The summed E-state index contributed by atoms with van der Waals surface area (Å²) in [6.45, 7) is -0.361. The van der Waals surface area contributed by atoms with Crippen molar-refractivity contribution in [3.63, 3.8) is 0 Å². The Morgan fingerprint density at radius 1 is 0.946 bits per heavy atom. The van der Waals surface area contributed by atoms with Gasteiger partial charge < -0.3 is 20.1 Å². The van der Waals surface area contributed by atoms with Crippen molar-refractivity contribution in [3.05, 3.63) is 81.0 Å². The maximum Gasteiger partial charge on any atom is 0.329 e. The van der Waals surface area contributed by atoms with Gasteiger partial charge in [-0.25, -0.2) is 9.82 Å². The number of methoxy groups -OCH3 is 1. The highest BCUT2D eigenvalue weighted by Crippen LogP contribution is 2.29.